The van der Waals surface area contributed by atoms with E-state index in [2.05, 4.69) is 15.9 Å². The molecule has 0 aliphatic rings. The van der Waals surface area contributed by atoms with Crippen molar-refractivity contribution in [1.29, 1.82) is 0 Å². The van der Waals surface area contributed by atoms with Crippen LogP contribution in [0.15, 0.2) is 40.9 Å². The Kier molecular flexibility index (Phi) is 3.28. The van der Waals surface area contributed by atoms with E-state index in [9.17, 15) is 8.78 Å². The molecule has 2 aromatic rings. The zero-order valence-corrected chi connectivity index (χ0v) is 10.2. The highest BCUT2D eigenvalue weighted by Gasteiger charge is 2.07. The molecule has 2 nitrogen and oxygen atoms in total. The first-order chi connectivity index (χ1) is 8.04. The molecule has 0 amide bonds. The van der Waals surface area contributed by atoms with E-state index in [1.807, 2.05) is 0 Å². The number of nitrogen functional groups attached to an aromatic ring is 1. The predicted octanol–water partition coefficient (Wildman–Crippen LogP) is 4.10. The maximum Gasteiger partial charge on any atom is 0.165 e. The SMILES string of the molecule is Nc1cc(F)cc(Oc2cc(Br)ccc2F)c1. The lowest BCUT2D eigenvalue weighted by Gasteiger charge is -2.08. The van der Waals surface area contributed by atoms with Gasteiger partial charge in [-0.1, -0.05) is 15.9 Å². The van der Waals surface area contributed by atoms with E-state index in [1.165, 1.54) is 18.2 Å². The summed E-state index contributed by atoms with van der Waals surface area (Å²) in [5, 5.41) is 0. The molecule has 17 heavy (non-hydrogen) atoms. The van der Waals surface area contributed by atoms with Crippen LogP contribution < -0.4 is 10.5 Å². The van der Waals surface area contributed by atoms with Gasteiger partial charge >= 0.3 is 0 Å². The van der Waals surface area contributed by atoms with Crippen LogP contribution in [-0.4, -0.2) is 0 Å². The van der Waals surface area contributed by atoms with Crippen molar-refractivity contribution < 1.29 is 13.5 Å². The van der Waals surface area contributed by atoms with Gasteiger partial charge in [0.05, 0.1) is 0 Å². The van der Waals surface area contributed by atoms with Crippen molar-refractivity contribution in [3.63, 3.8) is 0 Å². The molecule has 0 atom stereocenters. The molecule has 0 unspecified atom stereocenters. The highest BCUT2D eigenvalue weighted by Crippen LogP contribution is 2.29. The van der Waals surface area contributed by atoms with E-state index >= 15 is 0 Å². The Labute approximate surface area is 105 Å². The fourth-order valence-corrected chi connectivity index (χ4v) is 1.67. The average Bonchev–Trinajstić information content (AvgIpc) is 2.22. The zero-order chi connectivity index (χ0) is 12.4. The van der Waals surface area contributed by atoms with E-state index in [0.717, 1.165) is 12.1 Å². The number of rotatable bonds is 2. The van der Waals surface area contributed by atoms with E-state index in [1.54, 1.807) is 6.07 Å². The summed E-state index contributed by atoms with van der Waals surface area (Å²) in [6, 6.07) is 7.96. The van der Waals surface area contributed by atoms with Gasteiger partial charge in [-0.05, 0) is 24.3 Å². The van der Waals surface area contributed by atoms with Gasteiger partial charge < -0.3 is 10.5 Å². The minimum atomic E-state index is -0.532. The maximum absolute atomic E-state index is 13.4. The highest BCUT2D eigenvalue weighted by atomic mass is 79.9. The van der Waals surface area contributed by atoms with Gasteiger partial charge in [0.15, 0.2) is 11.6 Å². The normalized spacial score (nSPS) is 10.3. The van der Waals surface area contributed by atoms with Crippen molar-refractivity contribution in [2.75, 3.05) is 5.73 Å². The Balaban J connectivity index is 2.34. The van der Waals surface area contributed by atoms with Crippen LogP contribution in [0.4, 0.5) is 14.5 Å². The van der Waals surface area contributed by atoms with Gasteiger partial charge in [-0.3, -0.25) is 0 Å². The second kappa shape index (κ2) is 4.71. The van der Waals surface area contributed by atoms with Crippen LogP contribution in [0.5, 0.6) is 11.5 Å². The Morgan fingerprint density at radius 2 is 1.82 bits per heavy atom. The summed E-state index contributed by atoms with van der Waals surface area (Å²) in [5.41, 5.74) is 5.68. The smallest absolute Gasteiger partial charge is 0.165 e. The van der Waals surface area contributed by atoms with Crippen LogP contribution in [0.3, 0.4) is 0 Å². The third-order valence-corrected chi connectivity index (χ3v) is 2.51. The number of halogens is 3. The topological polar surface area (TPSA) is 35.2 Å². The first-order valence-corrected chi connectivity index (χ1v) is 5.53. The number of benzene rings is 2. The maximum atomic E-state index is 13.4. The number of anilines is 1. The van der Waals surface area contributed by atoms with E-state index in [4.69, 9.17) is 10.5 Å². The summed E-state index contributed by atoms with van der Waals surface area (Å²) >= 11 is 3.19. The Morgan fingerprint density at radius 3 is 2.53 bits per heavy atom. The summed E-state index contributed by atoms with van der Waals surface area (Å²) < 4.78 is 32.3. The molecular formula is C12H8BrF2NO. The molecule has 0 spiro atoms. The summed E-state index contributed by atoms with van der Waals surface area (Å²) in [6.07, 6.45) is 0. The molecule has 0 saturated carbocycles. The molecule has 2 rings (SSSR count). The molecule has 0 fully saturated rings. The second-order valence-corrected chi connectivity index (χ2v) is 4.31. The third kappa shape index (κ3) is 2.94. The van der Waals surface area contributed by atoms with Gasteiger partial charge in [-0.2, -0.15) is 0 Å². The summed E-state index contributed by atoms with van der Waals surface area (Å²) in [6.45, 7) is 0. The standard InChI is InChI=1S/C12H8BrF2NO/c13-7-1-2-11(15)12(3-7)17-10-5-8(14)4-9(16)6-10/h1-6H,16H2. The Bertz CT molecular complexity index is 540. The number of hydrogen-bond acceptors (Lipinski definition) is 2. The molecule has 2 aromatic carbocycles. The van der Waals surface area contributed by atoms with Crippen molar-refractivity contribution >= 4 is 21.6 Å². The van der Waals surface area contributed by atoms with Crippen LogP contribution in [0, 0.1) is 11.6 Å². The van der Waals surface area contributed by atoms with Crippen molar-refractivity contribution in [2.24, 2.45) is 0 Å². The molecule has 2 N–H and O–H groups in total. The molecule has 0 aliphatic carbocycles. The highest BCUT2D eigenvalue weighted by molar-refractivity contribution is 9.10. The molecule has 0 bridgehead atoms. The zero-order valence-electron chi connectivity index (χ0n) is 8.58. The molecule has 0 radical (unpaired) electrons. The average molecular weight is 300 g/mol. The molecule has 5 heteroatoms. The predicted molar refractivity (Wildman–Crippen MR) is 65.0 cm³/mol. The number of ether oxygens (including phenoxy) is 1. The van der Waals surface area contributed by atoms with Crippen molar-refractivity contribution in [1.82, 2.24) is 0 Å². The molecular weight excluding hydrogens is 292 g/mol. The first kappa shape index (κ1) is 11.9. The molecule has 0 saturated heterocycles. The van der Waals surface area contributed by atoms with Gasteiger partial charge in [0, 0.05) is 22.3 Å². The van der Waals surface area contributed by atoms with E-state index in [-0.39, 0.29) is 17.2 Å². The van der Waals surface area contributed by atoms with Crippen LogP contribution in [-0.2, 0) is 0 Å². The van der Waals surface area contributed by atoms with Crippen molar-refractivity contribution in [3.05, 3.63) is 52.5 Å². The monoisotopic (exact) mass is 299 g/mol. The largest absolute Gasteiger partial charge is 0.454 e. The summed E-state index contributed by atoms with van der Waals surface area (Å²) in [5.74, 6) is -0.907. The van der Waals surface area contributed by atoms with Gasteiger partial charge in [0.25, 0.3) is 0 Å². The summed E-state index contributed by atoms with van der Waals surface area (Å²) in [4.78, 5) is 0. The molecule has 0 aliphatic heterocycles. The second-order valence-electron chi connectivity index (χ2n) is 3.40. The fourth-order valence-electron chi connectivity index (χ4n) is 1.33. The Morgan fingerprint density at radius 1 is 1.06 bits per heavy atom. The van der Waals surface area contributed by atoms with Gasteiger partial charge in [0.1, 0.15) is 11.6 Å². The number of nitrogens with two attached hydrogens (primary N) is 1. The minimum absolute atomic E-state index is 0.00405. The minimum Gasteiger partial charge on any atom is -0.454 e. The Hall–Kier alpha value is -1.62. The first-order valence-electron chi connectivity index (χ1n) is 4.73. The van der Waals surface area contributed by atoms with Crippen molar-refractivity contribution in [2.45, 2.75) is 0 Å². The lowest BCUT2D eigenvalue weighted by molar-refractivity contribution is 0.438. The van der Waals surface area contributed by atoms with Gasteiger partial charge in [0.2, 0.25) is 0 Å². The van der Waals surface area contributed by atoms with Crippen molar-refractivity contribution in [3.8, 4) is 11.5 Å². The van der Waals surface area contributed by atoms with E-state index in [0.29, 0.717) is 4.47 Å². The van der Waals surface area contributed by atoms with Crippen LogP contribution >= 0.6 is 15.9 Å². The van der Waals surface area contributed by atoms with Crippen LogP contribution in [0.25, 0.3) is 0 Å². The lowest BCUT2D eigenvalue weighted by atomic mass is 10.3. The molecule has 0 aromatic heterocycles. The van der Waals surface area contributed by atoms with Crippen LogP contribution in [0.1, 0.15) is 0 Å². The summed E-state index contributed by atoms with van der Waals surface area (Å²) in [7, 11) is 0. The lowest BCUT2D eigenvalue weighted by Crippen LogP contribution is -1.92. The quantitative estimate of drug-likeness (QED) is 0.847. The molecule has 88 valence electrons. The van der Waals surface area contributed by atoms with E-state index < -0.39 is 11.6 Å². The van der Waals surface area contributed by atoms with Gasteiger partial charge in [-0.15, -0.1) is 0 Å². The van der Waals surface area contributed by atoms with Crippen LogP contribution in [0.2, 0.25) is 0 Å². The number of hydrogen-bond donors (Lipinski definition) is 1. The molecule has 0 heterocycles. The third-order valence-electron chi connectivity index (χ3n) is 2.01. The fraction of sp³-hybridized carbons (Fsp3) is 0. The van der Waals surface area contributed by atoms with Gasteiger partial charge in [-0.25, -0.2) is 8.78 Å².